The van der Waals surface area contributed by atoms with Crippen LogP contribution >= 0.6 is 0 Å². The fourth-order valence-corrected chi connectivity index (χ4v) is 4.40. The maximum Gasteiger partial charge on any atom is 0.262 e. The predicted molar refractivity (Wildman–Crippen MR) is 115 cm³/mol. The van der Waals surface area contributed by atoms with Gasteiger partial charge in [-0.3, -0.25) is 19.4 Å². The second-order valence-electron chi connectivity index (χ2n) is 8.08. The number of fused-ring (bicyclic) bond motifs is 1. The summed E-state index contributed by atoms with van der Waals surface area (Å²) in [5, 5.41) is 4.66. The van der Waals surface area contributed by atoms with Crippen LogP contribution in [-0.4, -0.2) is 45.5 Å². The number of aryl methyl sites for hydroxylation is 1. The Hall–Kier alpha value is -3.26. The number of nitrogens with zero attached hydrogens (tertiary/aromatic N) is 5. The van der Waals surface area contributed by atoms with Crippen LogP contribution < -0.4 is 9.64 Å². The number of hydrogen-bond acceptors (Lipinski definition) is 6. The van der Waals surface area contributed by atoms with Gasteiger partial charge in [-0.1, -0.05) is 0 Å². The summed E-state index contributed by atoms with van der Waals surface area (Å²) >= 11 is 0. The first-order chi connectivity index (χ1) is 15.0. The average Bonchev–Trinajstić information content (AvgIpc) is 3.50. The second-order valence-corrected chi connectivity index (χ2v) is 8.08. The molecular formula is C23H25N5O3. The summed E-state index contributed by atoms with van der Waals surface area (Å²) in [6.45, 7) is 5.45. The highest BCUT2D eigenvalue weighted by atomic mass is 16.5. The molecule has 0 bridgehead atoms. The van der Waals surface area contributed by atoms with Crippen LogP contribution in [0.2, 0.25) is 0 Å². The van der Waals surface area contributed by atoms with Crippen LogP contribution in [0, 0.1) is 6.92 Å². The van der Waals surface area contributed by atoms with E-state index in [2.05, 4.69) is 10.1 Å². The van der Waals surface area contributed by atoms with Crippen molar-refractivity contribution in [3.05, 3.63) is 53.6 Å². The number of rotatable bonds is 5. The molecule has 0 radical (unpaired) electrons. The molecule has 3 aromatic rings. The summed E-state index contributed by atoms with van der Waals surface area (Å²) in [7, 11) is 1.61. The van der Waals surface area contributed by atoms with Gasteiger partial charge in [0.2, 0.25) is 0 Å². The molecular weight excluding hydrogens is 394 g/mol. The van der Waals surface area contributed by atoms with Crippen molar-refractivity contribution in [3.8, 4) is 17.0 Å². The first kappa shape index (κ1) is 19.7. The molecule has 0 aromatic carbocycles. The van der Waals surface area contributed by atoms with Gasteiger partial charge >= 0.3 is 0 Å². The van der Waals surface area contributed by atoms with Gasteiger partial charge in [0, 0.05) is 30.6 Å². The van der Waals surface area contributed by atoms with E-state index in [1.165, 1.54) is 0 Å². The lowest BCUT2D eigenvalue weighted by molar-refractivity contribution is 0.0939. The lowest BCUT2D eigenvalue weighted by Gasteiger charge is -2.18. The highest BCUT2D eigenvalue weighted by Gasteiger charge is 2.39. The number of pyridine rings is 2. The molecule has 2 aliphatic rings. The molecule has 0 aliphatic carbocycles. The maximum absolute atomic E-state index is 13.3. The summed E-state index contributed by atoms with van der Waals surface area (Å²) in [5.74, 6) is 1.24. The van der Waals surface area contributed by atoms with Crippen LogP contribution in [0.15, 0.2) is 36.8 Å². The Morgan fingerprint density at radius 3 is 2.94 bits per heavy atom. The van der Waals surface area contributed by atoms with E-state index in [1.54, 1.807) is 24.4 Å². The van der Waals surface area contributed by atoms with Crippen molar-refractivity contribution in [2.24, 2.45) is 0 Å². The number of amides is 1. The summed E-state index contributed by atoms with van der Waals surface area (Å²) < 4.78 is 12.9. The number of carbonyl (C=O) groups is 1. The summed E-state index contributed by atoms with van der Waals surface area (Å²) in [6, 6.07) is 5.50. The molecule has 160 valence electrons. The van der Waals surface area contributed by atoms with Gasteiger partial charge in [0.05, 0.1) is 48.9 Å². The van der Waals surface area contributed by atoms with E-state index in [9.17, 15) is 4.79 Å². The zero-order valence-corrected chi connectivity index (χ0v) is 17.9. The smallest absolute Gasteiger partial charge is 0.262 e. The predicted octanol–water partition coefficient (Wildman–Crippen LogP) is 3.56. The fraction of sp³-hybridized carbons (Fsp3) is 0.391. The van der Waals surface area contributed by atoms with Crippen molar-refractivity contribution >= 4 is 11.7 Å². The normalized spacial score (nSPS) is 20.4. The van der Waals surface area contributed by atoms with Crippen LogP contribution in [0.1, 0.15) is 47.4 Å². The van der Waals surface area contributed by atoms with Gasteiger partial charge < -0.3 is 9.47 Å². The monoisotopic (exact) mass is 419 g/mol. The lowest BCUT2D eigenvalue weighted by atomic mass is 10.0. The highest BCUT2D eigenvalue weighted by molar-refractivity contribution is 6.11. The molecule has 1 saturated heterocycles. The molecule has 0 saturated carbocycles. The maximum atomic E-state index is 13.3. The van der Waals surface area contributed by atoms with Gasteiger partial charge in [-0.2, -0.15) is 5.10 Å². The van der Waals surface area contributed by atoms with Crippen LogP contribution in [0.4, 0.5) is 5.82 Å². The van der Waals surface area contributed by atoms with Crippen molar-refractivity contribution in [2.75, 3.05) is 18.6 Å². The number of ether oxygens (including phenoxy) is 2. The molecule has 0 spiro atoms. The molecule has 1 fully saturated rings. The zero-order chi connectivity index (χ0) is 21.5. The Morgan fingerprint density at radius 1 is 1.29 bits per heavy atom. The third-order valence-corrected chi connectivity index (χ3v) is 5.99. The third-order valence-electron chi connectivity index (χ3n) is 5.99. The topological polar surface area (TPSA) is 82.4 Å². The third kappa shape index (κ3) is 3.46. The minimum Gasteiger partial charge on any atom is -0.495 e. The van der Waals surface area contributed by atoms with E-state index in [4.69, 9.17) is 14.5 Å². The zero-order valence-electron chi connectivity index (χ0n) is 17.9. The molecule has 1 amide bonds. The minimum atomic E-state index is -0.217. The SMILES string of the molecule is COc1cncc(-c2cc(C)c3c(n2)C(C)N(c2ccn(CC4CCCO4)n2)C3=O)c1. The van der Waals surface area contributed by atoms with E-state index in [1.807, 2.05) is 42.9 Å². The fourth-order valence-electron chi connectivity index (χ4n) is 4.40. The quantitative estimate of drug-likeness (QED) is 0.629. The van der Waals surface area contributed by atoms with Gasteiger partial charge in [-0.05, 0) is 44.4 Å². The molecule has 8 heteroatoms. The molecule has 3 aromatic heterocycles. The van der Waals surface area contributed by atoms with Gasteiger partial charge in [0.15, 0.2) is 5.82 Å². The molecule has 5 heterocycles. The molecule has 2 unspecified atom stereocenters. The van der Waals surface area contributed by atoms with Crippen LogP contribution in [0.3, 0.4) is 0 Å². The van der Waals surface area contributed by atoms with Gasteiger partial charge in [-0.15, -0.1) is 0 Å². The van der Waals surface area contributed by atoms with E-state index >= 15 is 0 Å². The number of anilines is 1. The standard InChI is InChI=1S/C23H25N5O3/c1-14-9-19(16-10-18(30-3)12-24-11-16)25-22-15(2)28(23(29)21(14)22)20-6-7-27(26-20)13-17-5-4-8-31-17/h6-7,9-12,15,17H,4-5,8,13H2,1-3H3. The number of aromatic nitrogens is 4. The Labute approximate surface area is 180 Å². The lowest BCUT2D eigenvalue weighted by Crippen LogP contribution is -2.27. The molecule has 2 aliphatic heterocycles. The number of methoxy groups -OCH3 is 1. The average molecular weight is 419 g/mol. The summed E-state index contributed by atoms with van der Waals surface area (Å²) in [4.78, 5) is 24.1. The van der Waals surface area contributed by atoms with Crippen molar-refractivity contribution in [3.63, 3.8) is 0 Å². The van der Waals surface area contributed by atoms with Gasteiger partial charge in [0.25, 0.3) is 5.91 Å². The first-order valence-electron chi connectivity index (χ1n) is 10.5. The van der Waals surface area contributed by atoms with Crippen molar-refractivity contribution in [1.82, 2.24) is 19.7 Å². The molecule has 31 heavy (non-hydrogen) atoms. The Balaban J connectivity index is 1.46. The molecule has 2 atom stereocenters. The van der Waals surface area contributed by atoms with Crippen molar-refractivity contribution in [1.29, 1.82) is 0 Å². The van der Waals surface area contributed by atoms with Crippen molar-refractivity contribution in [2.45, 2.75) is 45.4 Å². The molecule has 5 rings (SSSR count). The van der Waals surface area contributed by atoms with Crippen LogP contribution in [0.25, 0.3) is 11.3 Å². The molecule has 8 nitrogen and oxygen atoms in total. The van der Waals surface area contributed by atoms with E-state index in [0.717, 1.165) is 42.0 Å². The Kier molecular flexibility index (Phi) is 4.94. The number of carbonyl (C=O) groups excluding carboxylic acids is 1. The molecule has 0 N–H and O–H groups in total. The minimum absolute atomic E-state index is 0.0646. The summed E-state index contributed by atoms with van der Waals surface area (Å²) in [5.41, 5.74) is 3.93. The Morgan fingerprint density at radius 2 is 2.16 bits per heavy atom. The second kappa shape index (κ2) is 7.77. The van der Waals surface area contributed by atoms with Crippen LogP contribution in [0.5, 0.6) is 5.75 Å². The summed E-state index contributed by atoms with van der Waals surface area (Å²) in [6.07, 6.45) is 7.65. The van der Waals surface area contributed by atoms with Crippen molar-refractivity contribution < 1.29 is 14.3 Å². The highest BCUT2D eigenvalue weighted by Crippen LogP contribution is 2.38. The van der Waals surface area contributed by atoms with Crippen LogP contribution in [-0.2, 0) is 11.3 Å². The van der Waals surface area contributed by atoms with E-state index < -0.39 is 0 Å². The largest absolute Gasteiger partial charge is 0.495 e. The first-order valence-corrected chi connectivity index (χ1v) is 10.5. The van der Waals surface area contributed by atoms with Gasteiger partial charge in [-0.25, -0.2) is 4.98 Å². The van der Waals surface area contributed by atoms with Gasteiger partial charge in [0.1, 0.15) is 5.75 Å². The van der Waals surface area contributed by atoms with E-state index in [-0.39, 0.29) is 18.1 Å². The Bertz CT molecular complexity index is 1140. The van der Waals surface area contributed by atoms with E-state index in [0.29, 0.717) is 23.7 Å². The number of hydrogen-bond donors (Lipinski definition) is 0.